The van der Waals surface area contributed by atoms with E-state index in [1.165, 1.54) is 5.56 Å². The first-order valence-corrected chi connectivity index (χ1v) is 5.89. The third-order valence-electron chi connectivity index (χ3n) is 2.59. The van der Waals surface area contributed by atoms with Crippen molar-refractivity contribution in [2.75, 3.05) is 6.54 Å². The highest BCUT2D eigenvalue weighted by Gasteiger charge is 2.07. The summed E-state index contributed by atoms with van der Waals surface area (Å²) in [6.45, 7) is 3.10. The van der Waals surface area contributed by atoms with Crippen LogP contribution in [0.25, 0.3) is 11.4 Å². The van der Waals surface area contributed by atoms with Gasteiger partial charge in [0.25, 0.3) is 0 Å². The Morgan fingerprint density at radius 1 is 1.33 bits per heavy atom. The van der Waals surface area contributed by atoms with Crippen LogP contribution in [-0.4, -0.2) is 16.7 Å². The van der Waals surface area contributed by atoms with Gasteiger partial charge in [-0.05, 0) is 12.0 Å². The van der Waals surface area contributed by atoms with Gasteiger partial charge in [-0.15, -0.1) is 6.42 Å². The Kier molecular flexibility index (Phi) is 4.11. The number of hydrogen-bond donors (Lipinski definition) is 1. The fourth-order valence-corrected chi connectivity index (χ4v) is 1.58. The lowest BCUT2D eigenvalue weighted by molar-refractivity contribution is 0.370. The number of nitrogens with zero attached hydrogens (tertiary/aromatic N) is 2. The topological polar surface area (TPSA) is 51.0 Å². The molecule has 0 unspecified atom stereocenters. The van der Waals surface area contributed by atoms with Crippen LogP contribution in [0.3, 0.4) is 0 Å². The highest BCUT2D eigenvalue weighted by molar-refractivity contribution is 5.54. The van der Waals surface area contributed by atoms with Gasteiger partial charge in [0, 0.05) is 5.56 Å². The summed E-state index contributed by atoms with van der Waals surface area (Å²) in [7, 11) is 0. The second-order valence-electron chi connectivity index (χ2n) is 3.87. The molecule has 1 aromatic heterocycles. The van der Waals surface area contributed by atoms with Gasteiger partial charge in [-0.1, -0.05) is 42.3 Å². The van der Waals surface area contributed by atoms with Crippen LogP contribution in [0.1, 0.15) is 18.4 Å². The summed E-state index contributed by atoms with van der Waals surface area (Å²) >= 11 is 0. The average Bonchev–Trinajstić information content (AvgIpc) is 2.88. The number of hydrogen-bond acceptors (Lipinski definition) is 4. The van der Waals surface area contributed by atoms with E-state index in [9.17, 15) is 0 Å². The molecule has 0 bridgehead atoms. The van der Waals surface area contributed by atoms with Crippen LogP contribution in [0.15, 0.2) is 28.8 Å². The van der Waals surface area contributed by atoms with E-state index in [-0.39, 0.29) is 0 Å². The molecule has 2 aromatic rings. The van der Waals surface area contributed by atoms with Crippen molar-refractivity contribution in [1.82, 2.24) is 15.5 Å². The van der Waals surface area contributed by atoms with Crippen molar-refractivity contribution in [1.29, 1.82) is 0 Å². The molecule has 18 heavy (non-hydrogen) atoms. The maximum Gasteiger partial charge on any atom is 0.240 e. The summed E-state index contributed by atoms with van der Waals surface area (Å²) in [6, 6.07) is 8.15. The summed E-state index contributed by atoms with van der Waals surface area (Å²) in [5.74, 6) is 3.64. The molecule has 1 heterocycles. The minimum absolute atomic E-state index is 0.489. The minimum Gasteiger partial charge on any atom is -0.338 e. The molecule has 0 aliphatic heterocycles. The van der Waals surface area contributed by atoms with E-state index in [0.717, 1.165) is 12.0 Å². The maximum absolute atomic E-state index is 5.14. The molecule has 1 N–H and O–H groups in total. The number of aryl methyl sites for hydroxylation is 1. The molecule has 0 amide bonds. The van der Waals surface area contributed by atoms with Crippen molar-refractivity contribution < 1.29 is 4.52 Å². The van der Waals surface area contributed by atoms with Gasteiger partial charge in [0.05, 0.1) is 13.1 Å². The lowest BCUT2D eigenvalue weighted by Gasteiger charge is -1.97. The van der Waals surface area contributed by atoms with Crippen LogP contribution in [0.5, 0.6) is 0 Å². The van der Waals surface area contributed by atoms with Gasteiger partial charge < -0.3 is 4.52 Å². The smallest absolute Gasteiger partial charge is 0.240 e. The van der Waals surface area contributed by atoms with Crippen LogP contribution >= 0.6 is 0 Å². The molecule has 4 nitrogen and oxygen atoms in total. The van der Waals surface area contributed by atoms with Gasteiger partial charge in [-0.25, -0.2) is 0 Å². The van der Waals surface area contributed by atoms with E-state index in [1.54, 1.807) is 0 Å². The second-order valence-corrected chi connectivity index (χ2v) is 3.87. The lowest BCUT2D eigenvalue weighted by Crippen LogP contribution is -2.13. The molecule has 0 atom stereocenters. The Balaban J connectivity index is 2.06. The number of benzene rings is 1. The predicted octanol–water partition coefficient (Wildman–Crippen LogP) is 2.02. The van der Waals surface area contributed by atoms with Crippen molar-refractivity contribution >= 4 is 0 Å². The van der Waals surface area contributed by atoms with Crippen molar-refractivity contribution in [2.45, 2.75) is 19.9 Å². The maximum atomic E-state index is 5.14. The molecule has 2 rings (SSSR count). The zero-order valence-electron chi connectivity index (χ0n) is 10.3. The molecule has 0 saturated heterocycles. The SMILES string of the molecule is C#CCNCc1nc(-c2ccc(CC)cc2)no1. The summed E-state index contributed by atoms with van der Waals surface area (Å²) in [4.78, 5) is 4.30. The van der Waals surface area contributed by atoms with E-state index >= 15 is 0 Å². The molecular weight excluding hydrogens is 226 g/mol. The number of aromatic nitrogens is 2. The van der Waals surface area contributed by atoms with E-state index in [1.807, 2.05) is 12.1 Å². The molecule has 0 fully saturated rings. The van der Waals surface area contributed by atoms with Gasteiger partial charge in [0.1, 0.15) is 0 Å². The van der Waals surface area contributed by atoms with Gasteiger partial charge >= 0.3 is 0 Å². The molecule has 0 aliphatic carbocycles. The quantitative estimate of drug-likeness (QED) is 0.642. The Bertz CT molecular complexity index is 537. The van der Waals surface area contributed by atoms with Crippen molar-refractivity contribution in [3.63, 3.8) is 0 Å². The van der Waals surface area contributed by atoms with Crippen LogP contribution < -0.4 is 5.32 Å². The van der Waals surface area contributed by atoms with Gasteiger partial charge in [0.2, 0.25) is 11.7 Å². The van der Waals surface area contributed by atoms with Gasteiger partial charge in [-0.3, -0.25) is 5.32 Å². The molecule has 0 aliphatic rings. The van der Waals surface area contributed by atoms with Crippen molar-refractivity contribution in [2.24, 2.45) is 0 Å². The molecule has 4 heteroatoms. The first-order chi connectivity index (χ1) is 8.83. The van der Waals surface area contributed by atoms with Gasteiger partial charge in [-0.2, -0.15) is 4.98 Å². The Morgan fingerprint density at radius 3 is 2.78 bits per heavy atom. The summed E-state index contributed by atoms with van der Waals surface area (Å²) in [6.07, 6.45) is 6.16. The molecule has 0 saturated carbocycles. The number of rotatable bonds is 5. The summed E-state index contributed by atoms with van der Waals surface area (Å²) in [5.41, 5.74) is 2.25. The van der Waals surface area contributed by atoms with Gasteiger partial charge in [0.15, 0.2) is 0 Å². The summed E-state index contributed by atoms with van der Waals surface area (Å²) in [5, 5.41) is 6.94. The first kappa shape index (κ1) is 12.3. The number of terminal acetylenes is 1. The number of nitrogens with one attached hydrogen (secondary N) is 1. The fourth-order valence-electron chi connectivity index (χ4n) is 1.58. The van der Waals surface area contributed by atoms with E-state index in [2.05, 4.69) is 40.4 Å². The standard InChI is InChI=1S/C14H15N3O/c1-3-9-15-10-13-16-14(17-18-13)12-7-5-11(4-2)6-8-12/h1,5-8,15H,4,9-10H2,2H3. The zero-order valence-corrected chi connectivity index (χ0v) is 10.3. The normalized spacial score (nSPS) is 10.2. The predicted molar refractivity (Wildman–Crippen MR) is 69.7 cm³/mol. The monoisotopic (exact) mass is 241 g/mol. The third kappa shape index (κ3) is 2.96. The van der Waals surface area contributed by atoms with Crippen molar-refractivity contribution in [3.05, 3.63) is 35.7 Å². The molecular formula is C14H15N3O. The lowest BCUT2D eigenvalue weighted by atomic mass is 10.1. The van der Waals surface area contributed by atoms with Crippen LogP contribution in [0.2, 0.25) is 0 Å². The summed E-state index contributed by atoms with van der Waals surface area (Å²) < 4.78 is 5.13. The largest absolute Gasteiger partial charge is 0.338 e. The Labute approximate surface area is 106 Å². The highest BCUT2D eigenvalue weighted by Crippen LogP contribution is 2.16. The first-order valence-electron chi connectivity index (χ1n) is 5.89. The van der Waals surface area contributed by atoms with E-state index < -0.39 is 0 Å². The molecule has 1 aromatic carbocycles. The third-order valence-corrected chi connectivity index (χ3v) is 2.59. The van der Waals surface area contributed by atoms with Crippen LogP contribution in [-0.2, 0) is 13.0 Å². The molecule has 92 valence electrons. The molecule has 0 radical (unpaired) electrons. The Hall–Kier alpha value is -2.12. The van der Waals surface area contributed by atoms with Crippen LogP contribution in [0, 0.1) is 12.3 Å². The van der Waals surface area contributed by atoms with Crippen molar-refractivity contribution in [3.8, 4) is 23.7 Å². The zero-order chi connectivity index (χ0) is 12.8. The average molecular weight is 241 g/mol. The minimum atomic E-state index is 0.489. The van der Waals surface area contributed by atoms with Crippen LogP contribution in [0.4, 0.5) is 0 Å². The molecule has 0 spiro atoms. The van der Waals surface area contributed by atoms with E-state index in [4.69, 9.17) is 10.9 Å². The fraction of sp³-hybridized carbons (Fsp3) is 0.286. The second kappa shape index (κ2) is 5.99. The Morgan fingerprint density at radius 2 is 2.11 bits per heavy atom. The highest BCUT2D eigenvalue weighted by atomic mass is 16.5. The van der Waals surface area contributed by atoms with E-state index in [0.29, 0.717) is 24.8 Å².